The fourth-order valence-corrected chi connectivity index (χ4v) is 2.94. The third-order valence-electron chi connectivity index (χ3n) is 3.48. The molecule has 2 heterocycles. The summed E-state index contributed by atoms with van der Waals surface area (Å²) in [7, 11) is 1.32. The number of aryl methyl sites for hydroxylation is 1. The van der Waals surface area contributed by atoms with Crippen LogP contribution in [-0.2, 0) is 9.53 Å². The second-order valence-electron chi connectivity index (χ2n) is 5.39. The maximum atomic E-state index is 11.5. The lowest BCUT2D eigenvalue weighted by molar-refractivity contribution is -0.131. The van der Waals surface area contributed by atoms with E-state index in [1.807, 2.05) is 0 Å². The molecule has 0 spiro atoms. The van der Waals surface area contributed by atoms with Crippen LogP contribution >= 0.6 is 11.8 Å². The van der Waals surface area contributed by atoms with Gasteiger partial charge in [-0.05, 0) is 43.0 Å². The standard InChI is InChI=1S/C18H15N3O5S/c1-10-19-18(21-20-10)27-15(16(22)23)9-13-7-8-14(26-13)11-3-5-12(6-4-11)17(24)25-2/h3-9H,1-2H3,(H,22,23)(H,19,20,21)/b15-9+. The molecule has 2 N–H and O–H groups in total. The number of rotatable bonds is 6. The van der Waals surface area contributed by atoms with Crippen molar-refractivity contribution in [1.82, 2.24) is 15.2 Å². The Bertz CT molecular complexity index is 1000. The van der Waals surface area contributed by atoms with Crippen LogP contribution in [0.25, 0.3) is 17.4 Å². The predicted molar refractivity (Wildman–Crippen MR) is 98.1 cm³/mol. The maximum absolute atomic E-state index is 11.5. The number of aliphatic carboxylic acids is 1. The van der Waals surface area contributed by atoms with E-state index in [1.54, 1.807) is 43.3 Å². The number of nitrogens with zero attached hydrogens (tertiary/aromatic N) is 2. The van der Waals surface area contributed by atoms with E-state index in [0.29, 0.717) is 28.1 Å². The number of esters is 1. The number of carboxylic acid groups (broad SMARTS) is 1. The van der Waals surface area contributed by atoms with E-state index >= 15 is 0 Å². The van der Waals surface area contributed by atoms with Crippen LogP contribution in [0.15, 0.2) is 50.9 Å². The van der Waals surface area contributed by atoms with Crippen molar-refractivity contribution in [2.75, 3.05) is 7.11 Å². The molecule has 0 aliphatic rings. The van der Waals surface area contributed by atoms with E-state index in [0.717, 1.165) is 17.3 Å². The molecule has 0 fully saturated rings. The SMILES string of the molecule is COC(=O)c1ccc(-c2ccc(/C=C(/Sc3n[nH]c(C)n3)C(=O)O)o2)cc1. The molecular formula is C18H15N3O5S. The Kier molecular flexibility index (Phi) is 5.41. The minimum Gasteiger partial charge on any atom is -0.477 e. The number of aromatic nitrogens is 3. The number of carbonyl (C=O) groups is 2. The van der Waals surface area contributed by atoms with E-state index in [4.69, 9.17) is 4.42 Å². The molecular weight excluding hydrogens is 370 g/mol. The van der Waals surface area contributed by atoms with Gasteiger partial charge < -0.3 is 14.3 Å². The normalized spacial score (nSPS) is 11.4. The van der Waals surface area contributed by atoms with Crippen LogP contribution in [-0.4, -0.2) is 39.3 Å². The molecule has 3 aromatic rings. The zero-order valence-electron chi connectivity index (χ0n) is 14.4. The van der Waals surface area contributed by atoms with Crippen molar-refractivity contribution >= 4 is 29.8 Å². The number of H-pyrrole nitrogens is 1. The molecule has 0 amide bonds. The van der Waals surface area contributed by atoms with Gasteiger partial charge in [0.15, 0.2) is 0 Å². The Morgan fingerprint density at radius 2 is 1.96 bits per heavy atom. The fraction of sp³-hybridized carbons (Fsp3) is 0.111. The minimum absolute atomic E-state index is 0.0240. The summed E-state index contributed by atoms with van der Waals surface area (Å²) in [6.07, 6.45) is 1.41. The average molecular weight is 385 g/mol. The van der Waals surface area contributed by atoms with E-state index in [1.165, 1.54) is 13.2 Å². The summed E-state index contributed by atoms with van der Waals surface area (Å²) in [6.45, 7) is 1.73. The van der Waals surface area contributed by atoms with Gasteiger partial charge in [0.1, 0.15) is 22.3 Å². The number of ether oxygens (including phenoxy) is 1. The maximum Gasteiger partial charge on any atom is 0.342 e. The van der Waals surface area contributed by atoms with E-state index in [9.17, 15) is 14.7 Å². The van der Waals surface area contributed by atoms with E-state index < -0.39 is 11.9 Å². The van der Waals surface area contributed by atoms with Gasteiger partial charge in [0.2, 0.25) is 5.16 Å². The van der Waals surface area contributed by atoms with Crippen LogP contribution in [0.4, 0.5) is 0 Å². The van der Waals surface area contributed by atoms with Crippen molar-refractivity contribution in [2.24, 2.45) is 0 Å². The number of furan rings is 1. The fourth-order valence-electron chi connectivity index (χ4n) is 2.20. The average Bonchev–Trinajstić information content (AvgIpc) is 3.29. The number of hydrogen-bond acceptors (Lipinski definition) is 7. The summed E-state index contributed by atoms with van der Waals surface area (Å²) >= 11 is 0.922. The zero-order chi connectivity index (χ0) is 19.4. The Balaban J connectivity index is 1.81. The van der Waals surface area contributed by atoms with Gasteiger partial charge >= 0.3 is 11.9 Å². The van der Waals surface area contributed by atoms with Crippen LogP contribution in [0, 0.1) is 6.92 Å². The Morgan fingerprint density at radius 3 is 2.56 bits per heavy atom. The van der Waals surface area contributed by atoms with Crippen molar-refractivity contribution in [3.05, 3.63) is 58.5 Å². The molecule has 0 unspecified atom stereocenters. The number of carbonyl (C=O) groups excluding carboxylic acids is 1. The number of carboxylic acids is 1. The number of benzene rings is 1. The van der Waals surface area contributed by atoms with Gasteiger partial charge in [-0.2, -0.15) is 0 Å². The molecule has 1 aromatic carbocycles. The van der Waals surface area contributed by atoms with Crippen LogP contribution < -0.4 is 0 Å². The van der Waals surface area contributed by atoms with Gasteiger partial charge in [0, 0.05) is 11.6 Å². The molecule has 0 saturated heterocycles. The minimum atomic E-state index is -1.11. The number of nitrogens with one attached hydrogen (secondary N) is 1. The van der Waals surface area contributed by atoms with Gasteiger partial charge in [-0.3, -0.25) is 5.10 Å². The predicted octanol–water partition coefficient (Wildman–Crippen LogP) is 3.38. The summed E-state index contributed by atoms with van der Waals surface area (Å²) in [5, 5.41) is 16.3. The van der Waals surface area contributed by atoms with Crippen LogP contribution in [0.2, 0.25) is 0 Å². The smallest absolute Gasteiger partial charge is 0.342 e. The zero-order valence-corrected chi connectivity index (χ0v) is 15.2. The van der Waals surface area contributed by atoms with Gasteiger partial charge in [0.05, 0.1) is 12.7 Å². The highest BCUT2D eigenvalue weighted by Crippen LogP contribution is 2.28. The summed E-state index contributed by atoms with van der Waals surface area (Å²) in [4.78, 5) is 27.1. The van der Waals surface area contributed by atoms with E-state index in [2.05, 4.69) is 19.9 Å². The molecule has 0 atom stereocenters. The summed E-state index contributed by atoms with van der Waals surface area (Å²) < 4.78 is 10.4. The first-order chi connectivity index (χ1) is 13.0. The second kappa shape index (κ2) is 7.92. The lowest BCUT2D eigenvalue weighted by Crippen LogP contribution is -2.00. The van der Waals surface area contributed by atoms with Crippen molar-refractivity contribution in [3.63, 3.8) is 0 Å². The molecule has 0 aliphatic heterocycles. The van der Waals surface area contributed by atoms with Crippen LogP contribution in [0.3, 0.4) is 0 Å². The third kappa shape index (κ3) is 4.45. The van der Waals surface area contributed by atoms with Crippen molar-refractivity contribution in [1.29, 1.82) is 0 Å². The van der Waals surface area contributed by atoms with Crippen LogP contribution in [0.5, 0.6) is 0 Å². The van der Waals surface area contributed by atoms with Crippen LogP contribution in [0.1, 0.15) is 21.9 Å². The number of methoxy groups -OCH3 is 1. The highest BCUT2D eigenvalue weighted by molar-refractivity contribution is 8.04. The van der Waals surface area contributed by atoms with Crippen molar-refractivity contribution in [3.8, 4) is 11.3 Å². The molecule has 0 saturated carbocycles. The van der Waals surface area contributed by atoms with Gasteiger partial charge in [0.25, 0.3) is 0 Å². The van der Waals surface area contributed by atoms with Crippen molar-refractivity contribution in [2.45, 2.75) is 12.1 Å². The highest BCUT2D eigenvalue weighted by Gasteiger charge is 2.14. The third-order valence-corrected chi connectivity index (χ3v) is 4.36. The second-order valence-corrected chi connectivity index (χ2v) is 6.40. The summed E-state index contributed by atoms with van der Waals surface area (Å²) in [5.74, 6) is -0.0175. The first kappa shape index (κ1) is 18.5. The topological polar surface area (TPSA) is 118 Å². The first-order valence-corrected chi connectivity index (χ1v) is 8.58. The number of hydrogen-bond donors (Lipinski definition) is 2. The quantitative estimate of drug-likeness (QED) is 0.377. The number of thioether (sulfide) groups is 1. The Hall–Kier alpha value is -3.33. The molecule has 9 heteroatoms. The monoisotopic (exact) mass is 385 g/mol. The largest absolute Gasteiger partial charge is 0.477 e. The first-order valence-electron chi connectivity index (χ1n) is 7.76. The molecule has 8 nitrogen and oxygen atoms in total. The van der Waals surface area contributed by atoms with Gasteiger partial charge in [-0.25, -0.2) is 14.6 Å². The Morgan fingerprint density at radius 1 is 1.22 bits per heavy atom. The van der Waals surface area contributed by atoms with Crippen molar-refractivity contribution < 1.29 is 23.8 Å². The lowest BCUT2D eigenvalue weighted by atomic mass is 10.1. The van der Waals surface area contributed by atoms with E-state index in [-0.39, 0.29) is 4.91 Å². The molecule has 0 bridgehead atoms. The Labute approximate surface area is 158 Å². The summed E-state index contributed by atoms with van der Waals surface area (Å²) in [6, 6.07) is 10.1. The molecule has 0 aliphatic carbocycles. The molecule has 27 heavy (non-hydrogen) atoms. The number of aromatic amines is 1. The lowest BCUT2D eigenvalue weighted by Gasteiger charge is -2.01. The van der Waals surface area contributed by atoms with Gasteiger partial charge in [-0.15, -0.1) is 5.10 Å². The molecule has 0 radical (unpaired) electrons. The molecule has 2 aromatic heterocycles. The summed E-state index contributed by atoms with van der Waals surface area (Å²) in [5.41, 5.74) is 1.18. The highest BCUT2D eigenvalue weighted by atomic mass is 32.2. The molecule has 3 rings (SSSR count). The molecule has 138 valence electrons. The van der Waals surface area contributed by atoms with Gasteiger partial charge in [-0.1, -0.05) is 12.1 Å².